The predicted octanol–water partition coefficient (Wildman–Crippen LogP) is 2.16. The Kier molecular flexibility index (Phi) is 4.89. The molecule has 21 heavy (non-hydrogen) atoms. The molecule has 8 heteroatoms. The molecule has 0 amide bonds. The van der Waals surface area contributed by atoms with Crippen molar-refractivity contribution in [2.75, 3.05) is 5.33 Å². The Hall–Kier alpha value is -1.96. The van der Waals surface area contributed by atoms with Crippen LogP contribution in [0.3, 0.4) is 0 Å². The summed E-state index contributed by atoms with van der Waals surface area (Å²) in [5, 5.41) is 11.7. The summed E-state index contributed by atoms with van der Waals surface area (Å²) in [5.41, 5.74) is -0.709. The summed E-state index contributed by atoms with van der Waals surface area (Å²) < 4.78 is 1.38. The van der Waals surface area contributed by atoms with Crippen molar-refractivity contribution in [3.63, 3.8) is 0 Å². The van der Waals surface area contributed by atoms with E-state index in [2.05, 4.69) is 20.9 Å². The highest BCUT2D eigenvalue weighted by molar-refractivity contribution is 9.09. The number of alkyl halides is 1. The number of fused-ring (bicyclic) bond motifs is 1. The molecule has 0 spiro atoms. The van der Waals surface area contributed by atoms with Gasteiger partial charge in [-0.05, 0) is 18.9 Å². The fourth-order valence-corrected chi connectivity index (χ4v) is 2.54. The number of nitro benzene ring substituents is 1. The van der Waals surface area contributed by atoms with Crippen molar-refractivity contribution >= 4 is 32.7 Å². The maximum atomic E-state index is 11.9. The number of benzene rings is 1. The number of hydrogen-bond donors (Lipinski definition) is 1. The summed E-state index contributed by atoms with van der Waals surface area (Å²) in [6.07, 6.45) is 2.68. The minimum absolute atomic E-state index is 0.123. The lowest BCUT2D eigenvalue weighted by atomic mass is 10.2. The van der Waals surface area contributed by atoms with E-state index in [-0.39, 0.29) is 5.69 Å². The number of rotatable bonds is 6. The molecule has 0 atom stereocenters. The molecule has 1 aromatic carbocycles. The topological polar surface area (TPSA) is 98.0 Å². The van der Waals surface area contributed by atoms with E-state index >= 15 is 0 Å². The van der Waals surface area contributed by atoms with Crippen LogP contribution in [0, 0.1) is 10.1 Å². The van der Waals surface area contributed by atoms with Crippen molar-refractivity contribution in [1.29, 1.82) is 0 Å². The van der Waals surface area contributed by atoms with Crippen LogP contribution in [-0.2, 0) is 6.54 Å². The van der Waals surface area contributed by atoms with Crippen LogP contribution >= 0.6 is 15.9 Å². The number of nitrogens with zero attached hydrogens (tertiary/aromatic N) is 2. The first-order valence-corrected chi connectivity index (χ1v) is 7.64. The van der Waals surface area contributed by atoms with Crippen molar-refractivity contribution in [3.05, 3.63) is 49.0 Å². The molecule has 7 nitrogen and oxygen atoms in total. The van der Waals surface area contributed by atoms with Crippen LogP contribution < -0.4 is 11.1 Å². The highest BCUT2D eigenvalue weighted by Crippen LogP contribution is 2.17. The Balaban J connectivity index is 2.47. The Labute approximate surface area is 127 Å². The standard InChI is InChI=1S/C13H14BrN3O4/c14-6-2-1-3-7-16-11-5-4-9(17(20)21)8-10(11)15-12(18)13(16)19/h4-5,8H,1-3,6-7H2,(H,15,18). The van der Waals surface area contributed by atoms with Crippen LogP contribution in [0.2, 0.25) is 0 Å². The highest BCUT2D eigenvalue weighted by Gasteiger charge is 2.11. The molecule has 0 fully saturated rings. The summed E-state index contributed by atoms with van der Waals surface area (Å²) in [4.78, 5) is 36.2. The third kappa shape index (κ3) is 3.38. The molecular formula is C13H14BrN3O4. The average Bonchev–Trinajstić information content (AvgIpc) is 2.46. The number of aryl methyl sites for hydroxylation is 1. The zero-order valence-corrected chi connectivity index (χ0v) is 12.8. The first-order valence-electron chi connectivity index (χ1n) is 6.52. The number of H-pyrrole nitrogens is 1. The quantitative estimate of drug-likeness (QED) is 0.282. The van der Waals surface area contributed by atoms with E-state index in [0.717, 1.165) is 24.6 Å². The van der Waals surface area contributed by atoms with Crippen LogP contribution in [-0.4, -0.2) is 19.8 Å². The maximum absolute atomic E-state index is 11.9. The number of unbranched alkanes of at least 4 members (excludes halogenated alkanes) is 2. The molecule has 1 heterocycles. The molecule has 0 aliphatic rings. The number of halogens is 1. The molecule has 0 radical (unpaired) electrons. The molecule has 1 N–H and O–H groups in total. The zero-order valence-electron chi connectivity index (χ0n) is 11.2. The third-order valence-corrected chi connectivity index (χ3v) is 3.75. The van der Waals surface area contributed by atoms with Gasteiger partial charge in [0.2, 0.25) is 0 Å². The molecule has 112 valence electrons. The van der Waals surface area contributed by atoms with Gasteiger partial charge in [-0.25, -0.2) is 0 Å². The zero-order chi connectivity index (χ0) is 15.4. The van der Waals surface area contributed by atoms with E-state index in [1.165, 1.54) is 22.8 Å². The first kappa shape index (κ1) is 15.4. The Morgan fingerprint density at radius 3 is 2.67 bits per heavy atom. The second-order valence-electron chi connectivity index (χ2n) is 4.62. The van der Waals surface area contributed by atoms with Crippen LogP contribution in [0.4, 0.5) is 5.69 Å². The molecule has 0 saturated carbocycles. The van der Waals surface area contributed by atoms with Gasteiger partial charge in [0.15, 0.2) is 0 Å². The van der Waals surface area contributed by atoms with E-state index in [9.17, 15) is 19.7 Å². The van der Waals surface area contributed by atoms with E-state index in [1.54, 1.807) is 0 Å². The smallest absolute Gasteiger partial charge is 0.316 e. The summed E-state index contributed by atoms with van der Waals surface area (Å²) in [6.45, 7) is 0.421. The normalized spacial score (nSPS) is 10.9. The van der Waals surface area contributed by atoms with Gasteiger partial charge in [0.05, 0.1) is 16.0 Å². The molecule has 0 aliphatic carbocycles. The molecular weight excluding hydrogens is 342 g/mol. The van der Waals surface area contributed by atoms with Crippen molar-refractivity contribution in [2.24, 2.45) is 0 Å². The van der Waals surface area contributed by atoms with Crippen molar-refractivity contribution in [2.45, 2.75) is 25.8 Å². The summed E-state index contributed by atoms with van der Waals surface area (Å²) in [7, 11) is 0. The van der Waals surface area contributed by atoms with Gasteiger partial charge in [-0.15, -0.1) is 0 Å². The molecule has 0 unspecified atom stereocenters. The minimum Gasteiger partial charge on any atom is -0.316 e. The van der Waals surface area contributed by atoms with Gasteiger partial charge in [0, 0.05) is 24.0 Å². The lowest BCUT2D eigenvalue weighted by Gasteiger charge is -2.09. The second-order valence-corrected chi connectivity index (χ2v) is 5.41. The molecule has 0 saturated heterocycles. The van der Waals surface area contributed by atoms with Crippen LogP contribution in [0.5, 0.6) is 0 Å². The fourth-order valence-electron chi connectivity index (χ4n) is 2.14. The second kappa shape index (κ2) is 6.66. The molecule has 0 bridgehead atoms. The van der Waals surface area contributed by atoms with Crippen molar-refractivity contribution in [3.8, 4) is 0 Å². The molecule has 2 rings (SSSR count). The van der Waals surface area contributed by atoms with Gasteiger partial charge in [0.25, 0.3) is 5.69 Å². The van der Waals surface area contributed by atoms with Gasteiger partial charge in [-0.2, -0.15) is 0 Å². The Morgan fingerprint density at radius 2 is 2.00 bits per heavy atom. The van der Waals surface area contributed by atoms with Gasteiger partial charge in [-0.3, -0.25) is 19.7 Å². The Bertz CT molecular complexity index is 781. The fraction of sp³-hybridized carbons (Fsp3) is 0.385. The monoisotopic (exact) mass is 355 g/mol. The van der Waals surface area contributed by atoms with Crippen molar-refractivity contribution in [1.82, 2.24) is 9.55 Å². The number of nitro groups is 1. The van der Waals surface area contributed by atoms with Crippen LogP contribution in [0.15, 0.2) is 27.8 Å². The van der Waals surface area contributed by atoms with Gasteiger partial charge < -0.3 is 9.55 Å². The van der Waals surface area contributed by atoms with Gasteiger partial charge in [0.1, 0.15) is 0 Å². The maximum Gasteiger partial charge on any atom is 0.316 e. The minimum atomic E-state index is -0.761. The summed E-state index contributed by atoms with van der Waals surface area (Å²) in [5.74, 6) is 0. The average molecular weight is 356 g/mol. The number of nitrogens with one attached hydrogen (secondary N) is 1. The number of aromatic nitrogens is 2. The highest BCUT2D eigenvalue weighted by atomic mass is 79.9. The Morgan fingerprint density at radius 1 is 1.24 bits per heavy atom. The molecule has 1 aromatic heterocycles. The number of non-ortho nitro benzene ring substituents is 1. The molecule has 0 aliphatic heterocycles. The number of hydrogen-bond acceptors (Lipinski definition) is 4. The predicted molar refractivity (Wildman–Crippen MR) is 83.1 cm³/mol. The van der Waals surface area contributed by atoms with E-state index in [0.29, 0.717) is 17.6 Å². The first-order chi connectivity index (χ1) is 10.0. The SMILES string of the molecule is O=c1[nH]c2cc([N+](=O)[O-])ccc2n(CCCCCBr)c1=O. The van der Waals surface area contributed by atoms with E-state index in [1.807, 2.05) is 0 Å². The summed E-state index contributed by atoms with van der Waals surface area (Å²) in [6, 6.07) is 4.09. The third-order valence-electron chi connectivity index (χ3n) is 3.18. The molecule has 2 aromatic rings. The van der Waals surface area contributed by atoms with Crippen LogP contribution in [0.1, 0.15) is 19.3 Å². The van der Waals surface area contributed by atoms with Crippen molar-refractivity contribution < 1.29 is 4.92 Å². The van der Waals surface area contributed by atoms with E-state index in [4.69, 9.17) is 0 Å². The lowest BCUT2D eigenvalue weighted by molar-refractivity contribution is -0.384. The largest absolute Gasteiger partial charge is 0.316 e. The number of aromatic amines is 1. The summed E-state index contributed by atoms with van der Waals surface area (Å²) >= 11 is 3.34. The van der Waals surface area contributed by atoms with Crippen LogP contribution in [0.25, 0.3) is 11.0 Å². The van der Waals surface area contributed by atoms with Gasteiger partial charge in [-0.1, -0.05) is 22.4 Å². The van der Waals surface area contributed by atoms with E-state index < -0.39 is 16.0 Å². The van der Waals surface area contributed by atoms with Gasteiger partial charge >= 0.3 is 11.1 Å². The lowest BCUT2D eigenvalue weighted by Crippen LogP contribution is -2.36.